The molecular formula is C16H18O3. The first kappa shape index (κ1) is 13.5. The number of benzene rings is 1. The first-order chi connectivity index (χ1) is 9.11. The van der Waals surface area contributed by atoms with Crippen LogP contribution >= 0.6 is 0 Å². The summed E-state index contributed by atoms with van der Waals surface area (Å²) in [6, 6.07) is 7.82. The molecule has 0 fully saturated rings. The zero-order chi connectivity index (χ0) is 13.8. The van der Waals surface area contributed by atoms with Crippen molar-refractivity contribution < 1.29 is 14.3 Å². The van der Waals surface area contributed by atoms with Gasteiger partial charge in [-0.2, -0.15) is 0 Å². The van der Waals surface area contributed by atoms with Crippen LogP contribution in [0.5, 0.6) is 0 Å². The number of methoxy groups -OCH3 is 1. The van der Waals surface area contributed by atoms with E-state index < -0.39 is 0 Å². The van der Waals surface area contributed by atoms with Crippen LogP contribution in [0.15, 0.2) is 36.4 Å². The molecule has 0 amide bonds. The van der Waals surface area contributed by atoms with E-state index >= 15 is 0 Å². The normalized spacial score (nSPS) is 19.5. The second-order valence-corrected chi connectivity index (χ2v) is 4.90. The Labute approximate surface area is 113 Å². The van der Waals surface area contributed by atoms with Crippen LogP contribution < -0.4 is 0 Å². The van der Waals surface area contributed by atoms with Crippen molar-refractivity contribution in [3.8, 4) is 0 Å². The van der Waals surface area contributed by atoms with Crippen molar-refractivity contribution >= 4 is 11.8 Å². The van der Waals surface area contributed by atoms with Gasteiger partial charge in [-0.25, -0.2) is 0 Å². The summed E-state index contributed by atoms with van der Waals surface area (Å²) in [4.78, 5) is 23.0. The average Bonchev–Trinajstić information content (AvgIpc) is 2.83. The van der Waals surface area contributed by atoms with Crippen molar-refractivity contribution in [1.82, 2.24) is 0 Å². The Morgan fingerprint density at radius 2 is 2.05 bits per heavy atom. The first-order valence-corrected chi connectivity index (χ1v) is 6.48. The van der Waals surface area contributed by atoms with E-state index in [4.69, 9.17) is 4.74 Å². The van der Waals surface area contributed by atoms with E-state index in [0.29, 0.717) is 6.42 Å². The van der Waals surface area contributed by atoms with Crippen molar-refractivity contribution in [2.45, 2.75) is 25.7 Å². The Morgan fingerprint density at radius 3 is 2.58 bits per heavy atom. The predicted octanol–water partition coefficient (Wildman–Crippen LogP) is 2.65. The molecule has 0 saturated carbocycles. The van der Waals surface area contributed by atoms with Gasteiger partial charge in [0.25, 0.3) is 0 Å². The van der Waals surface area contributed by atoms with Crippen LogP contribution in [-0.2, 0) is 20.7 Å². The Kier molecular flexibility index (Phi) is 4.15. The number of carbonyl (C=O) groups is 2. The predicted molar refractivity (Wildman–Crippen MR) is 72.8 cm³/mol. The maximum Gasteiger partial charge on any atom is 0.312 e. The molecular weight excluding hydrogens is 240 g/mol. The molecule has 100 valence electrons. The van der Waals surface area contributed by atoms with Gasteiger partial charge in [0.05, 0.1) is 13.0 Å². The summed E-state index contributed by atoms with van der Waals surface area (Å²) >= 11 is 0. The average molecular weight is 258 g/mol. The molecule has 0 aliphatic heterocycles. The van der Waals surface area contributed by atoms with Crippen LogP contribution in [0.4, 0.5) is 0 Å². The highest BCUT2D eigenvalue weighted by molar-refractivity contribution is 5.86. The number of hydrogen-bond acceptors (Lipinski definition) is 3. The summed E-state index contributed by atoms with van der Waals surface area (Å²) in [6.45, 7) is 1.82. The number of hydrogen-bond donors (Lipinski definition) is 0. The molecule has 0 aromatic heterocycles. The highest BCUT2D eigenvalue weighted by Crippen LogP contribution is 2.21. The molecule has 2 unspecified atom stereocenters. The molecule has 2 atom stereocenters. The lowest BCUT2D eigenvalue weighted by Crippen LogP contribution is -2.11. The molecule has 0 saturated heterocycles. The van der Waals surface area contributed by atoms with Crippen molar-refractivity contribution in [2.75, 3.05) is 7.11 Å². The fourth-order valence-corrected chi connectivity index (χ4v) is 2.30. The van der Waals surface area contributed by atoms with E-state index in [1.165, 1.54) is 7.11 Å². The van der Waals surface area contributed by atoms with Gasteiger partial charge >= 0.3 is 5.97 Å². The fraction of sp³-hybridized carbons (Fsp3) is 0.375. The van der Waals surface area contributed by atoms with Gasteiger partial charge in [-0.05, 0) is 24.5 Å². The number of carbonyl (C=O) groups excluding carboxylic acids is 2. The summed E-state index contributed by atoms with van der Waals surface area (Å²) in [5, 5.41) is 0. The van der Waals surface area contributed by atoms with Crippen molar-refractivity contribution in [2.24, 2.45) is 5.92 Å². The Bertz CT molecular complexity index is 499. The Morgan fingerprint density at radius 1 is 1.37 bits per heavy atom. The van der Waals surface area contributed by atoms with Gasteiger partial charge in [-0.1, -0.05) is 36.4 Å². The van der Waals surface area contributed by atoms with Crippen LogP contribution in [0.1, 0.15) is 30.4 Å². The highest BCUT2D eigenvalue weighted by Gasteiger charge is 2.20. The van der Waals surface area contributed by atoms with Crippen LogP contribution in [-0.4, -0.2) is 18.9 Å². The van der Waals surface area contributed by atoms with Gasteiger partial charge in [-0.15, -0.1) is 0 Å². The summed E-state index contributed by atoms with van der Waals surface area (Å²) in [5.41, 5.74) is 2.05. The van der Waals surface area contributed by atoms with Crippen molar-refractivity contribution in [1.29, 1.82) is 0 Å². The molecule has 1 aromatic carbocycles. The SMILES string of the molecule is COC(=O)C(C)c1ccc(CC2C=CCC2=O)cc1. The van der Waals surface area contributed by atoms with Gasteiger partial charge in [-0.3, -0.25) is 9.59 Å². The van der Waals surface area contributed by atoms with Gasteiger partial charge in [0.15, 0.2) is 0 Å². The lowest BCUT2D eigenvalue weighted by molar-refractivity contribution is -0.142. The first-order valence-electron chi connectivity index (χ1n) is 6.48. The third-order valence-corrected chi connectivity index (χ3v) is 3.59. The maximum atomic E-state index is 11.6. The molecule has 0 spiro atoms. The van der Waals surface area contributed by atoms with Gasteiger partial charge < -0.3 is 4.74 Å². The van der Waals surface area contributed by atoms with Crippen LogP contribution in [0, 0.1) is 5.92 Å². The number of allylic oxidation sites excluding steroid dienone is 2. The summed E-state index contributed by atoms with van der Waals surface area (Å²) < 4.78 is 4.73. The lowest BCUT2D eigenvalue weighted by Gasteiger charge is -2.11. The Hall–Kier alpha value is -1.90. The molecule has 1 aromatic rings. The van der Waals surface area contributed by atoms with Crippen LogP contribution in [0.3, 0.4) is 0 Å². The zero-order valence-electron chi connectivity index (χ0n) is 11.3. The lowest BCUT2D eigenvalue weighted by atomic mass is 9.95. The molecule has 1 aliphatic rings. The van der Waals surface area contributed by atoms with Gasteiger partial charge in [0.2, 0.25) is 0 Å². The maximum absolute atomic E-state index is 11.6. The summed E-state index contributed by atoms with van der Waals surface area (Å²) in [7, 11) is 1.39. The summed E-state index contributed by atoms with van der Waals surface area (Å²) in [5.74, 6) is -0.190. The van der Waals surface area contributed by atoms with E-state index in [9.17, 15) is 9.59 Å². The monoisotopic (exact) mass is 258 g/mol. The zero-order valence-corrected chi connectivity index (χ0v) is 11.3. The molecule has 3 nitrogen and oxygen atoms in total. The van der Waals surface area contributed by atoms with E-state index in [-0.39, 0.29) is 23.6 Å². The van der Waals surface area contributed by atoms with Crippen molar-refractivity contribution in [3.63, 3.8) is 0 Å². The van der Waals surface area contributed by atoms with E-state index in [1.54, 1.807) is 0 Å². The highest BCUT2D eigenvalue weighted by atomic mass is 16.5. The topological polar surface area (TPSA) is 43.4 Å². The minimum Gasteiger partial charge on any atom is -0.469 e. The van der Waals surface area contributed by atoms with Gasteiger partial charge in [0, 0.05) is 12.3 Å². The molecule has 19 heavy (non-hydrogen) atoms. The standard InChI is InChI=1S/C16H18O3/c1-11(16(18)19-2)13-8-6-12(7-9-13)10-14-4-3-5-15(14)17/h3-4,6-9,11,14H,5,10H2,1-2H3. The molecule has 3 heteroatoms. The van der Waals surface area contributed by atoms with E-state index in [0.717, 1.165) is 17.5 Å². The van der Waals surface area contributed by atoms with E-state index in [2.05, 4.69) is 0 Å². The van der Waals surface area contributed by atoms with Crippen molar-refractivity contribution in [3.05, 3.63) is 47.5 Å². The number of Topliss-reactive ketones (excluding diaryl/α,β-unsaturated/α-hetero) is 1. The third-order valence-electron chi connectivity index (χ3n) is 3.59. The number of ketones is 1. The molecule has 2 rings (SSSR count). The number of esters is 1. The smallest absolute Gasteiger partial charge is 0.312 e. The largest absolute Gasteiger partial charge is 0.469 e. The molecule has 1 aliphatic carbocycles. The molecule has 0 radical (unpaired) electrons. The molecule has 0 heterocycles. The second-order valence-electron chi connectivity index (χ2n) is 4.90. The van der Waals surface area contributed by atoms with E-state index in [1.807, 2.05) is 43.3 Å². The van der Waals surface area contributed by atoms with Crippen LogP contribution in [0.25, 0.3) is 0 Å². The Balaban J connectivity index is 2.04. The summed E-state index contributed by atoms with van der Waals surface area (Å²) in [6.07, 6.45) is 5.21. The van der Waals surface area contributed by atoms with Crippen LogP contribution in [0.2, 0.25) is 0 Å². The molecule has 0 N–H and O–H groups in total. The quantitative estimate of drug-likeness (QED) is 0.616. The number of ether oxygens (including phenoxy) is 1. The number of rotatable bonds is 4. The minimum absolute atomic E-state index is 0.0175. The van der Waals surface area contributed by atoms with Gasteiger partial charge in [0.1, 0.15) is 5.78 Å². The third kappa shape index (κ3) is 3.11. The minimum atomic E-state index is -0.257. The fourth-order valence-electron chi connectivity index (χ4n) is 2.30. The second kappa shape index (κ2) is 5.83. The molecule has 0 bridgehead atoms.